The van der Waals surface area contributed by atoms with E-state index in [4.69, 9.17) is 9.47 Å². The van der Waals surface area contributed by atoms with Gasteiger partial charge in [-0.2, -0.15) is 0 Å². The molecule has 0 N–H and O–H groups in total. The van der Waals surface area contributed by atoms with Crippen LogP contribution in [0, 0.1) is 0 Å². The number of hydrogen-bond acceptors (Lipinski definition) is 5. The Morgan fingerprint density at radius 3 is 2.53 bits per heavy atom. The number of methoxy groups -OCH3 is 1. The summed E-state index contributed by atoms with van der Waals surface area (Å²) in [5.74, 6) is 1.54. The molecule has 0 aromatic heterocycles. The number of nitrogens with zero attached hydrogens (tertiary/aromatic N) is 3. The van der Waals surface area contributed by atoms with E-state index in [1.807, 2.05) is 52.3 Å². The molecular formula is C25H31N3O4. The van der Waals surface area contributed by atoms with Crippen molar-refractivity contribution in [3.8, 4) is 11.5 Å². The maximum absolute atomic E-state index is 13.5. The van der Waals surface area contributed by atoms with Gasteiger partial charge in [-0.05, 0) is 31.7 Å². The highest BCUT2D eigenvalue weighted by Gasteiger charge is 2.31. The van der Waals surface area contributed by atoms with Crippen LogP contribution in [0.2, 0.25) is 0 Å². The van der Waals surface area contributed by atoms with E-state index in [0.29, 0.717) is 44.0 Å². The second-order valence-corrected chi connectivity index (χ2v) is 8.32. The number of piperazine rings is 1. The number of benzene rings is 2. The van der Waals surface area contributed by atoms with Gasteiger partial charge in [0.2, 0.25) is 5.91 Å². The molecular weight excluding hydrogens is 406 g/mol. The number of para-hydroxylation sites is 2. The fraction of sp³-hybridized carbons (Fsp3) is 0.440. The lowest BCUT2D eigenvalue weighted by Crippen LogP contribution is -2.49. The van der Waals surface area contributed by atoms with Crippen LogP contribution in [0.5, 0.6) is 11.5 Å². The van der Waals surface area contributed by atoms with E-state index >= 15 is 0 Å². The summed E-state index contributed by atoms with van der Waals surface area (Å²) in [6.45, 7) is 3.71. The molecule has 2 saturated heterocycles. The largest absolute Gasteiger partial charge is 0.496 e. The molecule has 170 valence electrons. The van der Waals surface area contributed by atoms with Crippen molar-refractivity contribution in [1.82, 2.24) is 14.7 Å². The lowest BCUT2D eigenvalue weighted by atomic mass is 10.0. The molecule has 0 radical (unpaired) electrons. The van der Waals surface area contributed by atoms with E-state index in [-0.39, 0.29) is 17.9 Å². The Labute approximate surface area is 189 Å². The third-order valence-corrected chi connectivity index (χ3v) is 6.34. The first-order chi connectivity index (χ1) is 15.6. The minimum atomic E-state index is -0.0363. The van der Waals surface area contributed by atoms with Crippen molar-refractivity contribution >= 4 is 11.8 Å². The van der Waals surface area contributed by atoms with Gasteiger partial charge in [-0.25, -0.2) is 0 Å². The fourth-order valence-corrected chi connectivity index (χ4v) is 4.48. The van der Waals surface area contributed by atoms with Gasteiger partial charge in [0.1, 0.15) is 18.1 Å². The second kappa shape index (κ2) is 10.0. The van der Waals surface area contributed by atoms with Crippen molar-refractivity contribution in [2.45, 2.75) is 18.9 Å². The first-order valence-electron chi connectivity index (χ1n) is 11.2. The maximum atomic E-state index is 13.5. The molecule has 2 amide bonds. The predicted octanol–water partition coefficient (Wildman–Crippen LogP) is 2.83. The lowest BCUT2D eigenvalue weighted by Gasteiger charge is -2.40. The summed E-state index contributed by atoms with van der Waals surface area (Å²) in [5, 5.41) is 0. The molecule has 7 heteroatoms. The van der Waals surface area contributed by atoms with Crippen LogP contribution in [0.25, 0.3) is 0 Å². The molecule has 0 saturated carbocycles. The van der Waals surface area contributed by atoms with Gasteiger partial charge in [-0.3, -0.25) is 14.5 Å². The van der Waals surface area contributed by atoms with Crippen molar-refractivity contribution in [3.63, 3.8) is 0 Å². The quantitative estimate of drug-likeness (QED) is 0.667. The van der Waals surface area contributed by atoms with Gasteiger partial charge in [0.15, 0.2) is 0 Å². The van der Waals surface area contributed by atoms with Crippen LogP contribution in [0.3, 0.4) is 0 Å². The number of ether oxygens (including phenoxy) is 2. The SMILES string of the molecule is COc1ccccc1[C@@H]1CN(C(=O)c2ccccc2OCCN2CCCC2=O)CCN1C. The average molecular weight is 438 g/mol. The highest BCUT2D eigenvalue weighted by atomic mass is 16.5. The Bertz CT molecular complexity index is 964. The molecule has 2 aliphatic rings. The molecule has 4 rings (SSSR count). The first-order valence-corrected chi connectivity index (χ1v) is 11.2. The molecule has 2 aromatic carbocycles. The number of likely N-dealkylation sites (N-methyl/N-ethyl adjacent to an activating group) is 1. The van der Waals surface area contributed by atoms with Gasteiger partial charge in [-0.1, -0.05) is 30.3 Å². The zero-order chi connectivity index (χ0) is 22.5. The Kier molecular flexibility index (Phi) is 6.95. The molecule has 1 atom stereocenters. The molecule has 2 fully saturated rings. The Morgan fingerprint density at radius 1 is 1.03 bits per heavy atom. The van der Waals surface area contributed by atoms with Crippen LogP contribution in [0.4, 0.5) is 0 Å². The van der Waals surface area contributed by atoms with Crippen LogP contribution in [0.1, 0.15) is 34.8 Å². The fourth-order valence-electron chi connectivity index (χ4n) is 4.48. The summed E-state index contributed by atoms with van der Waals surface area (Å²) in [4.78, 5) is 31.3. The summed E-state index contributed by atoms with van der Waals surface area (Å²) in [7, 11) is 3.75. The van der Waals surface area contributed by atoms with Crippen molar-refractivity contribution in [2.24, 2.45) is 0 Å². The topological polar surface area (TPSA) is 62.3 Å². The number of hydrogen-bond donors (Lipinski definition) is 0. The third-order valence-electron chi connectivity index (χ3n) is 6.34. The van der Waals surface area contributed by atoms with E-state index in [0.717, 1.165) is 30.8 Å². The maximum Gasteiger partial charge on any atom is 0.257 e. The standard InChI is InChI=1S/C25H31N3O4/c1-26-14-15-28(18-21(26)19-8-3-5-10-22(19)31-2)25(30)20-9-4-6-11-23(20)32-17-16-27-13-7-12-24(27)29/h3-6,8-11,21H,7,12-18H2,1-2H3/t21-/m0/s1. The Balaban J connectivity index is 1.46. The molecule has 7 nitrogen and oxygen atoms in total. The smallest absolute Gasteiger partial charge is 0.257 e. The summed E-state index contributed by atoms with van der Waals surface area (Å²) in [5.41, 5.74) is 1.64. The van der Waals surface area contributed by atoms with Crippen molar-refractivity contribution in [3.05, 3.63) is 59.7 Å². The number of amides is 2. The number of likely N-dealkylation sites (tertiary alicyclic amines) is 1. The van der Waals surface area contributed by atoms with Gasteiger partial charge in [0, 0.05) is 38.2 Å². The Hall–Kier alpha value is -3.06. The molecule has 0 unspecified atom stereocenters. The van der Waals surface area contributed by atoms with Crippen LogP contribution >= 0.6 is 0 Å². The first kappa shape index (κ1) is 22.1. The van der Waals surface area contributed by atoms with Crippen LogP contribution in [-0.4, -0.2) is 80.0 Å². The summed E-state index contributed by atoms with van der Waals surface area (Å²) in [6.07, 6.45) is 1.52. The van der Waals surface area contributed by atoms with E-state index in [1.165, 1.54) is 0 Å². The van der Waals surface area contributed by atoms with Gasteiger partial charge >= 0.3 is 0 Å². The van der Waals surface area contributed by atoms with Gasteiger partial charge in [0.05, 0.1) is 25.3 Å². The normalized spacial score (nSPS) is 19.3. The summed E-state index contributed by atoms with van der Waals surface area (Å²) in [6, 6.07) is 15.4. The number of rotatable bonds is 7. The Morgan fingerprint density at radius 2 is 1.78 bits per heavy atom. The highest BCUT2D eigenvalue weighted by Crippen LogP contribution is 2.32. The molecule has 0 spiro atoms. The minimum Gasteiger partial charge on any atom is -0.496 e. The molecule has 2 aliphatic heterocycles. The molecule has 2 heterocycles. The summed E-state index contributed by atoms with van der Waals surface area (Å²) < 4.78 is 11.5. The molecule has 32 heavy (non-hydrogen) atoms. The highest BCUT2D eigenvalue weighted by molar-refractivity contribution is 5.97. The molecule has 0 bridgehead atoms. The van der Waals surface area contributed by atoms with Crippen molar-refractivity contribution < 1.29 is 19.1 Å². The van der Waals surface area contributed by atoms with E-state index < -0.39 is 0 Å². The monoisotopic (exact) mass is 437 g/mol. The number of carbonyl (C=O) groups is 2. The van der Waals surface area contributed by atoms with E-state index in [9.17, 15) is 9.59 Å². The number of carbonyl (C=O) groups excluding carboxylic acids is 2. The third kappa shape index (κ3) is 4.72. The molecule has 0 aliphatic carbocycles. The zero-order valence-electron chi connectivity index (χ0n) is 18.8. The zero-order valence-corrected chi connectivity index (χ0v) is 18.8. The van der Waals surface area contributed by atoms with Crippen molar-refractivity contribution in [2.75, 3.05) is 53.5 Å². The summed E-state index contributed by atoms with van der Waals surface area (Å²) >= 11 is 0. The van der Waals surface area contributed by atoms with E-state index in [2.05, 4.69) is 18.0 Å². The van der Waals surface area contributed by atoms with Crippen molar-refractivity contribution in [1.29, 1.82) is 0 Å². The van der Waals surface area contributed by atoms with Crippen LogP contribution < -0.4 is 9.47 Å². The minimum absolute atomic E-state index is 0.0363. The van der Waals surface area contributed by atoms with E-state index in [1.54, 1.807) is 7.11 Å². The van der Waals surface area contributed by atoms with Gasteiger partial charge < -0.3 is 19.3 Å². The predicted molar refractivity (Wildman–Crippen MR) is 122 cm³/mol. The average Bonchev–Trinajstić information content (AvgIpc) is 3.24. The van der Waals surface area contributed by atoms with Crippen LogP contribution in [0.15, 0.2) is 48.5 Å². The van der Waals surface area contributed by atoms with Crippen LogP contribution in [-0.2, 0) is 4.79 Å². The van der Waals surface area contributed by atoms with Gasteiger partial charge in [0.25, 0.3) is 5.91 Å². The van der Waals surface area contributed by atoms with Gasteiger partial charge in [-0.15, -0.1) is 0 Å². The molecule has 2 aromatic rings. The second-order valence-electron chi connectivity index (χ2n) is 8.32. The lowest BCUT2D eigenvalue weighted by molar-refractivity contribution is -0.128.